The third-order valence-electron chi connectivity index (χ3n) is 3.88. The summed E-state index contributed by atoms with van der Waals surface area (Å²) in [4.78, 5) is 25.9. The number of nitrogens with two attached hydrogens (primary N) is 1. The maximum atomic E-state index is 12.2. The van der Waals surface area contributed by atoms with Gasteiger partial charge in [-0.05, 0) is 24.1 Å². The Balaban J connectivity index is 1.86. The van der Waals surface area contributed by atoms with Crippen LogP contribution in [0.25, 0.3) is 0 Å². The standard InChI is InChI=1S/C17H25N3O3/c1-2-3-15(18)17(22)19-14-6-4-13(5-7-14)12-16(21)20-8-10-23-11-9-20/h4-7,15H,2-3,8-12,18H2,1H3,(H,19,22). The van der Waals surface area contributed by atoms with Gasteiger partial charge in [0.05, 0.1) is 25.7 Å². The number of benzene rings is 1. The molecule has 1 fully saturated rings. The highest BCUT2D eigenvalue weighted by atomic mass is 16.5. The number of carbonyl (C=O) groups excluding carboxylic acids is 2. The molecule has 6 nitrogen and oxygen atoms in total. The Bertz CT molecular complexity index is 524. The van der Waals surface area contributed by atoms with Crippen LogP contribution in [-0.4, -0.2) is 49.1 Å². The topological polar surface area (TPSA) is 84.7 Å². The van der Waals surface area contributed by atoms with Gasteiger partial charge in [0.25, 0.3) is 0 Å². The lowest BCUT2D eigenvalue weighted by Crippen LogP contribution is -2.41. The van der Waals surface area contributed by atoms with E-state index >= 15 is 0 Å². The monoisotopic (exact) mass is 319 g/mol. The molecular formula is C17H25N3O3. The Morgan fingerprint density at radius 1 is 1.26 bits per heavy atom. The lowest BCUT2D eigenvalue weighted by atomic mass is 10.1. The van der Waals surface area contributed by atoms with E-state index in [4.69, 9.17) is 10.5 Å². The number of amides is 2. The van der Waals surface area contributed by atoms with Crippen molar-refractivity contribution in [3.05, 3.63) is 29.8 Å². The molecule has 0 spiro atoms. The molecule has 1 atom stereocenters. The van der Waals surface area contributed by atoms with Crippen LogP contribution in [0.3, 0.4) is 0 Å². The van der Waals surface area contributed by atoms with E-state index in [0.29, 0.717) is 44.8 Å². The molecule has 126 valence electrons. The molecule has 1 heterocycles. The third-order valence-corrected chi connectivity index (χ3v) is 3.88. The summed E-state index contributed by atoms with van der Waals surface area (Å²) in [5, 5.41) is 2.79. The molecular weight excluding hydrogens is 294 g/mol. The lowest BCUT2D eigenvalue weighted by Gasteiger charge is -2.26. The Hall–Kier alpha value is -1.92. The zero-order chi connectivity index (χ0) is 16.7. The molecule has 3 N–H and O–H groups in total. The number of morpholine rings is 1. The number of anilines is 1. The molecule has 2 rings (SSSR count). The first-order chi connectivity index (χ1) is 11.1. The molecule has 1 saturated heterocycles. The van der Waals surface area contributed by atoms with Crippen LogP contribution >= 0.6 is 0 Å². The highest BCUT2D eigenvalue weighted by molar-refractivity contribution is 5.94. The molecule has 0 aromatic heterocycles. The van der Waals surface area contributed by atoms with E-state index in [1.165, 1.54) is 0 Å². The summed E-state index contributed by atoms with van der Waals surface area (Å²) in [6.07, 6.45) is 1.90. The largest absolute Gasteiger partial charge is 0.378 e. The van der Waals surface area contributed by atoms with Gasteiger partial charge in [-0.15, -0.1) is 0 Å². The summed E-state index contributed by atoms with van der Waals surface area (Å²) in [5.74, 6) is -0.0703. The number of rotatable bonds is 6. The number of ether oxygens (including phenoxy) is 1. The maximum Gasteiger partial charge on any atom is 0.241 e. The Labute approximate surface area is 137 Å². The van der Waals surface area contributed by atoms with E-state index in [9.17, 15) is 9.59 Å². The minimum Gasteiger partial charge on any atom is -0.378 e. The van der Waals surface area contributed by atoms with E-state index in [1.807, 2.05) is 24.0 Å². The molecule has 23 heavy (non-hydrogen) atoms. The van der Waals surface area contributed by atoms with Gasteiger partial charge in [0.2, 0.25) is 11.8 Å². The Morgan fingerprint density at radius 3 is 2.52 bits per heavy atom. The van der Waals surface area contributed by atoms with Gasteiger partial charge in [0, 0.05) is 18.8 Å². The van der Waals surface area contributed by atoms with Crippen molar-refractivity contribution in [3.63, 3.8) is 0 Å². The van der Waals surface area contributed by atoms with Gasteiger partial charge in [-0.3, -0.25) is 9.59 Å². The minimum atomic E-state index is -0.484. The van der Waals surface area contributed by atoms with E-state index in [-0.39, 0.29) is 11.8 Å². The zero-order valence-corrected chi connectivity index (χ0v) is 13.6. The summed E-state index contributed by atoms with van der Waals surface area (Å²) in [5.41, 5.74) is 7.41. The highest BCUT2D eigenvalue weighted by Gasteiger charge is 2.17. The first kappa shape index (κ1) is 17.4. The molecule has 1 unspecified atom stereocenters. The predicted octanol–water partition coefficient (Wildman–Crippen LogP) is 1.15. The third kappa shape index (κ3) is 5.33. The fraction of sp³-hybridized carbons (Fsp3) is 0.529. The van der Waals surface area contributed by atoms with Crippen LogP contribution in [0.5, 0.6) is 0 Å². The normalized spacial score (nSPS) is 16.0. The average molecular weight is 319 g/mol. The number of nitrogens with one attached hydrogen (secondary N) is 1. The van der Waals surface area contributed by atoms with Gasteiger partial charge in [0.15, 0.2) is 0 Å². The van der Waals surface area contributed by atoms with E-state index in [2.05, 4.69) is 5.32 Å². The van der Waals surface area contributed by atoms with Crippen LogP contribution in [0.1, 0.15) is 25.3 Å². The van der Waals surface area contributed by atoms with Crippen LogP contribution in [0.15, 0.2) is 24.3 Å². The number of hydrogen-bond acceptors (Lipinski definition) is 4. The molecule has 1 aliphatic heterocycles. The minimum absolute atomic E-state index is 0.107. The van der Waals surface area contributed by atoms with Crippen molar-refractivity contribution in [1.29, 1.82) is 0 Å². The average Bonchev–Trinajstić information content (AvgIpc) is 2.57. The number of nitrogens with zero attached hydrogens (tertiary/aromatic N) is 1. The zero-order valence-electron chi connectivity index (χ0n) is 13.6. The number of carbonyl (C=O) groups is 2. The Kier molecular flexibility index (Phi) is 6.55. The molecule has 0 saturated carbocycles. The van der Waals surface area contributed by atoms with Crippen molar-refractivity contribution in [1.82, 2.24) is 4.90 Å². The van der Waals surface area contributed by atoms with Crippen LogP contribution < -0.4 is 11.1 Å². The molecule has 0 radical (unpaired) electrons. The molecule has 1 aromatic rings. The van der Waals surface area contributed by atoms with Gasteiger partial charge in [-0.1, -0.05) is 25.5 Å². The molecule has 0 bridgehead atoms. The van der Waals surface area contributed by atoms with E-state index < -0.39 is 6.04 Å². The first-order valence-electron chi connectivity index (χ1n) is 8.11. The first-order valence-corrected chi connectivity index (χ1v) is 8.11. The second kappa shape index (κ2) is 8.64. The SMILES string of the molecule is CCCC(N)C(=O)Nc1ccc(CC(=O)N2CCOCC2)cc1. The van der Waals surface area contributed by atoms with Crippen molar-refractivity contribution in [2.75, 3.05) is 31.6 Å². The van der Waals surface area contributed by atoms with Crippen molar-refractivity contribution < 1.29 is 14.3 Å². The summed E-state index contributed by atoms with van der Waals surface area (Å²) in [6, 6.07) is 6.85. The molecule has 2 amide bonds. The van der Waals surface area contributed by atoms with Crippen LogP contribution in [0, 0.1) is 0 Å². The quantitative estimate of drug-likeness (QED) is 0.824. The van der Waals surface area contributed by atoms with Crippen molar-refractivity contribution >= 4 is 17.5 Å². The summed E-state index contributed by atoms with van der Waals surface area (Å²) in [6.45, 7) is 4.52. The fourth-order valence-corrected chi connectivity index (χ4v) is 2.48. The molecule has 0 aliphatic carbocycles. The van der Waals surface area contributed by atoms with Gasteiger partial charge in [-0.2, -0.15) is 0 Å². The molecule has 6 heteroatoms. The smallest absolute Gasteiger partial charge is 0.241 e. The second-order valence-electron chi connectivity index (χ2n) is 5.75. The van der Waals surface area contributed by atoms with Crippen molar-refractivity contribution in [2.24, 2.45) is 5.73 Å². The van der Waals surface area contributed by atoms with Gasteiger partial charge in [-0.25, -0.2) is 0 Å². The second-order valence-corrected chi connectivity index (χ2v) is 5.75. The predicted molar refractivity (Wildman–Crippen MR) is 89.1 cm³/mol. The Morgan fingerprint density at radius 2 is 1.91 bits per heavy atom. The number of hydrogen-bond donors (Lipinski definition) is 2. The summed E-state index contributed by atoms with van der Waals surface area (Å²) >= 11 is 0. The van der Waals surface area contributed by atoms with Crippen molar-refractivity contribution in [3.8, 4) is 0 Å². The highest BCUT2D eigenvalue weighted by Crippen LogP contribution is 2.12. The maximum absolute atomic E-state index is 12.2. The van der Waals surface area contributed by atoms with Gasteiger partial charge in [0.1, 0.15) is 0 Å². The summed E-state index contributed by atoms with van der Waals surface area (Å²) < 4.78 is 5.25. The van der Waals surface area contributed by atoms with Crippen LogP contribution in [0.4, 0.5) is 5.69 Å². The lowest BCUT2D eigenvalue weighted by molar-refractivity contribution is -0.134. The van der Waals surface area contributed by atoms with Crippen molar-refractivity contribution in [2.45, 2.75) is 32.2 Å². The van der Waals surface area contributed by atoms with Gasteiger partial charge < -0.3 is 20.7 Å². The molecule has 1 aliphatic rings. The summed E-state index contributed by atoms with van der Waals surface area (Å²) in [7, 11) is 0. The molecule has 1 aromatic carbocycles. The van der Waals surface area contributed by atoms with Crippen LogP contribution in [-0.2, 0) is 20.7 Å². The fourth-order valence-electron chi connectivity index (χ4n) is 2.48. The van der Waals surface area contributed by atoms with Crippen LogP contribution in [0.2, 0.25) is 0 Å². The van der Waals surface area contributed by atoms with E-state index in [1.54, 1.807) is 12.1 Å². The van der Waals surface area contributed by atoms with E-state index in [0.717, 1.165) is 12.0 Å². The van der Waals surface area contributed by atoms with Gasteiger partial charge >= 0.3 is 0 Å².